The van der Waals surface area contributed by atoms with Crippen molar-refractivity contribution >= 4 is 37.6 Å². The van der Waals surface area contributed by atoms with Crippen LogP contribution in [-0.4, -0.2) is 63.1 Å². The Morgan fingerprint density at radius 3 is 2.44 bits per heavy atom. The quantitative estimate of drug-likeness (QED) is 0.179. The van der Waals surface area contributed by atoms with Crippen LogP contribution in [0.1, 0.15) is 30.1 Å². The fraction of sp³-hybridized carbons (Fsp3) is 0.310. The SMILES string of the molecule is O=C(NNCCF)[C@@]1(CCS(=O)(=O)c2ccccc2)N=C(c2ccc(OCCCO)cc2)O[C@H]1c1ccc(Br)cc1. The van der Waals surface area contributed by atoms with Crippen molar-refractivity contribution in [3.05, 3.63) is 94.5 Å². The monoisotopic (exact) mass is 647 g/mol. The number of carbonyl (C=O) groups excluding carboxylic acids is 1. The zero-order valence-electron chi connectivity index (χ0n) is 22.1. The zero-order valence-corrected chi connectivity index (χ0v) is 24.5. The number of aliphatic hydroxyl groups excluding tert-OH is 1. The molecule has 41 heavy (non-hydrogen) atoms. The van der Waals surface area contributed by atoms with Crippen LogP contribution in [0.5, 0.6) is 5.75 Å². The summed E-state index contributed by atoms with van der Waals surface area (Å²) in [4.78, 5) is 18.7. The van der Waals surface area contributed by atoms with Crippen molar-refractivity contribution in [1.29, 1.82) is 0 Å². The van der Waals surface area contributed by atoms with E-state index < -0.39 is 39.8 Å². The molecule has 4 rings (SSSR count). The van der Waals surface area contributed by atoms with Crippen LogP contribution in [0.25, 0.3) is 0 Å². The Labute approximate surface area is 246 Å². The number of alkyl halides is 1. The van der Waals surface area contributed by atoms with Crippen LogP contribution >= 0.6 is 15.9 Å². The first-order chi connectivity index (χ1) is 19.8. The highest BCUT2D eigenvalue weighted by molar-refractivity contribution is 9.10. The summed E-state index contributed by atoms with van der Waals surface area (Å²) in [5, 5.41) is 8.98. The van der Waals surface area contributed by atoms with E-state index in [4.69, 9.17) is 19.6 Å². The number of nitrogens with one attached hydrogen (secondary N) is 2. The maximum absolute atomic E-state index is 13.8. The van der Waals surface area contributed by atoms with Crippen LogP contribution in [0.4, 0.5) is 4.39 Å². The molecule has 0 fully saturated rings. The number of hydrogen-bond acceptors (Lipinski definition) is 8. The van der Waals surface area contributed by atoms with E-state index in [1.807, 2.05) is 0 Å². The summed E-state index contributed by atoms with van der Waals surface area (Å²) in [7, 11) is -3.78. The van der Waals surface area contributed by atoms with Crippen molar-refractivity contribution in [1.82, 2.24) is 10.9 Å². The number of aliphatic hydroxyl groups is 1. The van der Waals surface area contributed by atoms with Gasteiger partial charge in [-0.3, -0.25) is 10.2 Å². The lowest BCUT2D eigenvalue weighted by atomic mass is 9.85. The van der Waals surface area contributed by atoms with Gasteiger partial charge in [0.1, 0.15) is 12.4 Å². The van der Waals surface area contributed by atoms with Gasteiger partial charge in [-0.25, -0.2) is 23.2 Å². The van der Waals surface area contributed by atoms with Gasteiger partial charge < -0.3 is 14.6 Å². The lowest BCUT2D eigenvalue weighted by molar-refractivity contribution is -0.130. The highest BCUT2D eigenvalue weighted by Crippen LogP contribution is 2.43. The summed E-state index contributed by atoms with van der Waals surface area (Å²) < 4.78 is 52.1. The molecular formula is C29H31BrFN3O6S. The standard InChI is InChI=1S/C29H31BrFN3O6S/c30-23-11-7-21(8-12-23)26-29(28(36)34-32-17-16-31,15-20-41(37,38)25-5-2-1-3-6-25)33-27(40-26)22-9-13-24(14-10-22)39-19-4-18-35/h1-3,5-14,26,32,35H,4,15-20H2,(H,34,36)/t26-,29-/m0/s1. The molecule has 2 atom stereocenters. The van der Waals surface area contributed by atoms with Gasteiger partial charge in [-0.05, 0) is 54.1 Å². The largest absolute Gasteiger partial charge is 0.494 e. The lowest BCUT2D eigenvalue weighted by Crippen LogP contribution is -2.53. The number of aliphatic imine (C=N–C) groups is 1. The van der Waals surface area contributed by atoms with E-state index in [1.165, 1.54) is 12.1 Å². The van der Waals surface area contributed by atoms with Gasteiger partial charge in [0.25, 0.3) is 5.91 Å². The third-order valence-corrected chi connectivity index (χ3v) is 8.74. The van der Waals surface area contributed by atoms with Gasteiger partial charge in [-0.15, -0.1) is 0 Å². The van der Waals surface area contributed by atoms with Crippen molar-refractivity contribution in [2.75, 3.05) is 32.2 Å². The van der Waals surface area contributed by atoms with Crippen molar-refractivity contribution < 1.29 is 32.2 Å². The van der Waals surface area contributed by atoms with Crippen molar-refractivity contribution in [2.24, 2.45) is 4.99 Å². The number of sulfone groups is 1. The number of nitrogens with zero attached hydrogens (tertiary/aromatic N) is 1. The average Bonchev–Trinajstić information content (AvgIpc) is 3.38. The third-order valence-electron chi connectivity index (χ3n) is 6.48. The van der Waals surface area contributed by atoms with E-state index in [-0.39, 0.29) is 30.4 Å². The summed E-state index contributed by atoms with van der Waals surface area (Å²) in [6.07, 6.45) is -0.698. The van der Waals surface area contributed by atoms with Gasteiger partial charge in [0, 0.05) is 36.0 Å². The highest BCUT2D eigenvalue weighted by Gasteiger charge is 2.53. The molecule has 0 saturated heterocycles. The number of ether oxygens (including phenoxy) is 2. The van der Waals surface area contributed by atoms with Crippen molar-refractivity contribution in [3.63, 3.8) is 0 Å². The van der Waals surface area contributed by atoms with Crippen LogP contribution in [0.2, 0.25) is 0 Å². The number of benzene rings is 3. The molecule has 0 radical (unpaired) electrons. The minimum atomic E-state index is -3.78. The fourth-order valence-corrected chi connectivity index (χ4v) is 5.99. The minimum absolute atomic E-state index is 0.0184. The Morgan fingerprint density at radius 2 is 1.78 bits per heavy atom. The number of rotatable bonds is 14. The Kier molecular flexibility index (Phi) is 10.5. The summed E-state index contributed by atoms with van der Waals surface area (Å²) in [6.45, 7) is -0.486. The topological polar surface area (TPSA) is 126 Å². The number of carbonyl (C=O) groups is 1. The molecule has 0 saturated carbocycles. The molecule has 0 unspecified atom stereocenters. The molecular weight excluding hydrogens is 617 g/mol. The van der Waals surface area contributed by atoms with Gasteiger partial charge in [-0.1, -0.05) is 46.3 Å². The Morgan fingerprint density at radius 1 is 1.07 bits per heavy atom. The predicted molar refractivity (Wildman–Crippen MR) is 156 cm³/mol. The van der Waals surface area contributed by atoms with Crippen LogP contribution in [0.3, 0.4) is 0 Å². The zero-order chi connectivity index (χ0) is 29.3. The first-order valence-electron chi connectivity index (χ1n) is 13.0. The Hall–Kier alpha value is -3.32. The molecule has 0 aromatic heterocycles. The molecule has 0 spiro atoms. The van der Waals surface area contributed by atoms with Crippen molar-refractivity contribution in [2.45, 2.75) is 29.4 Å². The molecule has 1 heterocycles. The molecule has 3 aromatic carbocycles. The summed E-state index contributed by atoms with van der Waals surface area (Å²) >= 11 is 3.41. The Bertz CT molecular complexity index is 1440. The summed E-state index contributed by atoms with van der Waals surface area (Å²) in [6, 6.07) is 22.0. The average molecular weight is 649 g/mol. The van der Waals surface area contributed by atoms with E-state index in [0.29, 0.717) is 29.9 Å². The highest BCUT2D eigenvalue weighted by atomic mass is 79.9. The second kappa shape index (κ2) is 14.0. The molecule has 0 aliphatic carbocycles. The van der Waals surface area contributed by atoms with Crippen LogP contribution < -0.4 is 15.6 Å². The molecule has 1 aliphatic heterocycles. The van der Waals surface area contributed by atoms with E-state index in [1.54, 1.807) is 66.7 Å². The second-order valence-electron chi connectivity index (χ2n) is 9.29. The molecule has 12 heteroatoms. The number of hydrazine groups is 1. The van der Waals surface area contributed by atoms with Gasteiger partial charge in [-0.2, -0.15) is 0 Å². The number of amides is 1. The van der Waals surface area contributed by atoms with Gasteiger partial charge in [0.05, 0.1) is 17.3 Å². The van der Waals surface area contributed by atoms with E-state index in [9.17, 15) is 17.6 Å². The molecule has 1 aliphatic rings. The summed E-state index contributed by atoms with van der Waals surface area (Å²) in [5.74, 6) is -0.310. The predicted octanol–water partition coefficient (Wildman–Crippen LogP) is 3.92. The lowest BCUT2D eigenvalue weighted by Gasteiger charge is -2.30. The van der Waals surface area contributed by atoms with E-state index >= 15 is 0 Å². The fourth-order valence-electron chi connectivity index (χ4n) is 4.34. The second-order valence-corrected chi connectivity index (χ2v) is 12.3. The molecule has 3 N–H and O–H groups in total. The molecule has 1 amide bonds. The normalized spacial score (nSPS) is 18.4. The van der Waals surface area contributed by atoms with Gasteiger partial charge >= 0.3 is 0 Å². The molecule has 3 aromatic rings. The maximum Gasteiger partial charge on any atom is 0.266 e. The van der Waals surface area contributed by atoms with Crippen LogP contribution in [0, 0.1) is 0 Å². The molecule has 9 nitrogen and oxygen atoms in total. The number of halogens is 2. The maximum atomic E-state index is 13.8. The first kappa shape index (κ1) is 30.6. The van der Waals surface area contributed by atoms with E-state index in [2.05, 4.69) is 26.8 Å². The molecule has 0 bridgehead atoms. The minimum Gasteiger partial charge on any atom is -0.494 e. The summed E-state index contributed by atoms with van der Waals surface area (Å²) in [5.41, 5.74) is 4.50. The van der Waals surface area contributed by atoms with E-state index in [0.717, 1.165) is 4.47 Å². The van der Waals surface area contributed by atoms with Crippen molar-refractivity contribution in [3.8, 4) is 5.75 Å². The smallest absolute Gasteiger partial charge is 0.266 e. The number of hydrogen-bond donors (Lipinski definition) is 3. The first-order valence-corrected chi connectivity index (χ1v) is 15.5. The Balaban J connectivity index is 1.74. The van der Waals surface area contributed by atoms with Gasteiger partial charge in [0.15, 0.2) is 21.5 Å². The van der Waals surface area contributed by atoms with Gasteiger partial charge in [0.2, 0.25) is 5.90 Å². The third kappa shape index (κ3) is 7.50. The van der Waals surface area contributed by atoms with Crippen LogP contribution in [-0.2, 0) is 19.4 Å². The molecule has 218 valence electrons. The van der Waals surface area contributed by atoms with Crippen LogP contribution in [0.15, 0.2) is 93.2 Å².